The molecule has 0 amide bonds. The van der Waals surface area contributed by atoms with Gasteiger partial charge in [0.15, 0.2) is 5.96 Å². The van der Waals surface area contributed by atoms with Crippen molar-refractivity contribution in [3.05, 3.63) is 90.1 Å². The molecular formula is C22H25IN4. The van der Waals surface area contributed by atoms with Crippen molar-refractivity contribution in [3.63, 3.8) is 0 Å². The molecule has 0 aliphatic heterocycles. The van der Waals surface area contributed by atoms with Gasteiger partial charge in [0.05, 0.1) is 12.2 Å². The summed E-state index contributed by atoms with van der Waals surface area (Å²) in [6, 6.07) is 24.7. The number of aromatic nitrogens is 1. The van der Waals surface area contributed by atoms with Crippen LogP contribution in [0.2, 0.25) is 0 Å². The first-order chi connectivity index (χ1) is 12.8. The van der Waals surface area contributed by atoms with Crippen molar-refractivity contribution < 1.29 is 0 Å². The van der Waals surface area contributed by atoms with Gasteiger partial charge in [-0.25, -0.2) is 4.99 Å². The number of guanidine groups is 1. The first-order valence-electron chi connectivity index (χ1n) is 8.91. The molecule has 0 saturated heterocycles. The number of aliphatic imine (C=N–C) groups is 1. The summed E-state index contributed by atoms with van der Waals surface area (Å²) in [7, 11) is 0. The molecule has 2 aromatic carbocycles. The summed E-state index contributed by atoms with van der Waals surface area (Å²) in [5, 5.41) is 6.68. The summed E-state index contributed by atoms with van der Waals surface area (Å²) in [5.41, 5.74) is 4.48. The maximum Gasteiger partial charge on any atom is 0.191 e. The number of hydrogen-bond acceptors (Lipinski definition) is 2. The van der Waals surface area contributed by atoms with E-state index in [0.29, 0.717) is 6.54 Å². The molecule has 0 radical (unpaired) electrons. The minimum absolute atomic E-state index is 0. The third kappa shape index (κ3) is 6.67. The van der Waals surface area contributed by atoms with Crippen molar-refractivity contribution in [1.82, 2.24) is 15.6 Å². The fourth-order valence-electron chi connectivity index (χ4n) is 2.66. The number of nitrogens with zero attached hydrogens (tertiary/aromatic N) is 2. The Morgan fingerprint density at radius 3 is 2.41 bits per heavy atom. The summed E-state index contributed by atoms with van der Waals surface area (Å²) in [5.74, 6) is 0.819. The molecule has 0 saturated carbocycles. The average Bonchev–Trinajstić information content (AvgIpc) is 2.72. The van der Waals surface area contributed by atoms with Crippen LogP contribution in [0.4, 0.5) is 0 Å². The van der Waals surface area contributed by atoms with Crippen LogP contribution < -0.4 is 10.6 Å². The molecule has 27 heavy (non-hydrogen) atoms. The van der Waals surface area contributed by atoms with Crippen molar-refractivity contribution in [2.24, 2.45) is 4.99 Å². The molecule has 3 rings (SSSR count). The van der Waals surface area contributed by atoms with Crippen LogP contribution in [0, 0.1) is 0 Å². The Morgan fingerprint density at radius 2 is 1.67 bits per heavy atom. The summed E-state index contributed by atoms with van der Waals surface area (Å²) >= 11 is 0. The number of pyridine rings is 1. The second-order valence-electron chi connectivity index (χ2n) is 5.95. The highest BCUT2D eigenvalue weighted by Gasteiger charge is 2.01. The minimum atomic E-state index is 0. The highest BCUT2D eigenvalue weighted by molar-refractivity contribution is 14.0. The Kier molecular flexibility index (Phi) is 8.77. The Morgan fingerprint density at radius 1 is 0.889 bits per heavy atom. The predicted octanol–water partition coefficient (Wildman–Crippen LogP) is 4.62. The van der Waals surface area contributed by atoms with E-state index < -0.39 is 0 Å². The number of nitrogens with one attached hydrogen (secondary N) is 2. The monoisotopic (exact) mass is 472 g/mol. The molecule has 1 aromatic heterocycles. The van der Waals surface area contributed by atoms with Gasteiger partial charge in [-0.2, -0.15) is 0 Å². The lowest BCUT2D eigenvalue weighted by molar-refractivity contribution is 0.816. The van der Waals surface area contributed by atoms with Gasteiger partial charge in [-0.15, -0.1) is 24.0 Å². The van der Waals surface area contributed by atoms with Gasteiger partial charge in [0, 0.05) is 24.8 Å². The first-order valence-corrected chi connectivity index (χ1v) is 8.91. The van der Waals surface area contributed by atoms with Crippen LogP contribution in [0.25, 0.3) is 11.3 Å². The molecule has 0 bridgehead atoms. The van der Waals surface area contributed by atoms with E-state index >= 15 is 0 Å². The summed E-state index contributed by atoms with van der Waals surface area (Å²) in [6.45, 7) is 4.27. The van der Waals surface area contributed by atoms with Crippen LogP contribution in [0.1, 0.15) is 18.1 Å². The predicted molar refractivity (Wildman–Crippen MR) is 123 cm³/mol. The van der Waals surface area contributed by atoms with Crippen LogP contribution in [0.5, 0.6) is 0 Å². The quantitative estimate of drug-likeness (QED) is 0.313. The molecule has 2 N–H and O–H groups in total. The van der Waals surface area contributed by atoms with E-state index in [1.165, 1.54) is 5.56 Å². The van der Waals surface area contributed by atoms with Gasteiger partial charge in [-0.1, -0.05) is 54.6 Å². The Bertz CT molecular complexity index is 835. The highest BCUT2D eigenvalue weighted by atomic mass is 127. The van der Waals surface area contributed by atoms with E-state index in [-0.39, 0.29) is 24.0 Å². The van der Waals surface area contributed by atoms with Crippen LogP contribution in [-0.4, -0.2) is 17.5 Å². The molecule has 140 valence electrons. The van der Waals surface area contributed by atoms with Gasteiger partial charge in [0.25, 0.3) is 0 Å². The standard InChI is InChI=1S/C22H24N4.HI/c1-2-23-22(25-16-18-9-4-3-5-10-18)26-17-19-11-8-12-20(15-19)21-13-6-7-14-24-21;/h3-15H,2,16-17H2,1H3,(H2,23,25,26);1H. The Hall–Kier alpha value is -2.41. The lowest BCUT2D eigenvalue weighted by Crippen LogP contribution is -2.36. The molecule has 0 unspecified atom stereocenters. The zero-order valence-corrected chi connectivity index (χ0v) is 17.8. The third-order valence-corrected chi connectivity index (χ3v) is 3.95. The smallest absolute Gasteiger partial charge is 0.191 e. The highest BCUT2D eigenvalue weighted by Crippen LogP contribution is 2.18. The number of halogens is 1. The molecule has 4 nitrogen and oxygen atoms in total. The van der Waals surface area contributed by atoms with Crippen molar-refractivity contribution >= 4 is 29.9 Å². The van der Waals surface area contributed by atoms with E-state index in [2.05, 4.69) is 58.9 Å². The van der Waals surface area contributed by atoms with Crippen molar-refractivity contribution in [2.75, 3.05) is 6.54 Å². The van der Waals surface area contributed by atoms with Gasteiger partial charge in [0.2, 0.25) is 0 Å². The van der Waals surface area contributed by atoms with Crippen LogP contribution >= 0.6 is 24.0 Å². The van der Waals surface area contributed by atoms with E-state index in [9.17, 15) is 0 Å². The summed E-state index contributed by atoms with van der Waals surface area (Å²) in [4.78, 5) is 9.12. The molecule has 3 aromatic rings. The second kappa shape index (κ2) is 11.3. The largest absolute Gasteiger partial charge is 0.357 e. The number of rotatable bonds is 6. The molecule has 0 aliphatic carbocycles. The van der Waals surface area contributed by atoms with Crippen molar-refractivity contribution in [3.8, 4) is 11.3 Å². The van der Waals surface area contributed by atoms with E-state index in [1.807, 2.05) is 42.6 Å². The maximum atomic E-state index is 4.71. The zero-order chi connectivity index (χ0) is 18.0. The fourth-order valence-corrected chi connectivity index (χ4v) is 2.66. The Balaban J connectivity index is 0.00000261. The average molecular weight is 472 g/mol. The molecule has 0 fully saturated rings. The topological polar surface area (TPSA) is 49.3 Å². The van der Waals surface area contributed by atoms with Gasteiger partial charge >= 0.3 is 0 Å². The molecule has 5 heteroatoms. The molecular weight excluding hydrogens is 447 g/mol. The third-order valence-electron chi connectivity index (χ3n) is 3.95. The van der Waals surface area contributed by atoms with E-state index in [0.717, 1.165) is 35.9 Å². The number of benzene rings is 2. The second-order valence-corrected chi connectivity index (χ2v) is 5.95. The van der Waals surface area contributed by atoms with Gasteiger partial charge in [0.1, 0.15) is 0 Å². The SMILES string of the molecule is CCNC(=NCc1cccc(-c2ccccn2)c1)NCc1ccccc1.I. The van der Waals surface area contributed by atoms with Crippen molar-refractivity contribution in [2.45, 2.75) is 20.0 Å². The molecule has 0 spiro atoms. The minimum Gasteiger partial charge on any atom is -0.357 e. The molecule has 0 aliphatic rings. The van der Waals surface area contributed by atoms with Gasteiger partial charge in [-0.05, 0) is 36.2 Å². The lowest BCUT2D eigenvalue weighted by atomic mass is 10.1. The maximum absolute atomic E-state index is 4.71. The fraction of sp³-hybridized carbons (Fsp3) is 0.182. The molecule has 1 heterocycles. The first kappa shape index (κ1) is 20.9. The lowest BCUT2D eigenvalue weighted by Gasteiger charge is -2.11. The normalized spacial score (nSPS) is 10.8. The van der Waals surface area contributed by atoms with Crippen LogP contribution in [-0.2, 0) is 13.1 Å². The number of hydrogen-bond donors (Lipinski definition) is 2. The summed E-state index contributed by atoms with van der Waals surface area (Å²) in [6.07, 6.45) is 1.82. The van der Waals surface area contributed by atoms with Crippen LogP contribution in [0.15, 0.2) is 84.0 Å². The Labute approximate surface area is 178 Å². The van der Waals surface area contributed by atoms with Crippen molar-refractivity contribution in [1.29, 1.82) is 0 Å². The van der Waals surface area contributed by atoms with E-state index in [4.69, 9.17) is 4.99 Å². The van der Waals surface area contributed by atoms with E-state index in [1.54, 1.807) is 0 Å². The van der Waals surface area contributed by atoms with Gasteiger partial charge < -0.3 is 10.6 Å². The summed E-state index contributed by atoms with van der Waals surface area (Å²) < 4.78 is 0. The molecule has 0 atom stereocenters. The van der Waals surface area contributed by atoms with Gasteiger partial charge in [-0.3, -0.25) is 4.98 Å². The van der Waals surface area contributed by atoms with Crippen LogP contribution in [0.3, 0.4) is 0 Å². The zero-order valence-electron chi connectivity index (χ0n) is 15.4.